The van der Waals surface area contributed by atoms with E-state index in [-0.39, 0.29) is 25.9 Å². The van der Waals surface area contributed by atoms with E-state index in [1.165, 1.54) is 57.8 Å². The van der Waals surface area contributed by atoms with Crippen LogP contribution in [0.2, 0.25) is 0 Å². The highest BCUT2D eigenvalue weighted by Gasteiger charge is 2.50. The zero-order valence-electron chi connectivity index (χ0n) is 49.6. The Labute approximate surface area is 479 Å². The first kappa shape index (κ1) is 72.7. The number of unbranched alkanes of at least 4 members (excludes halogenated alkanes) is 22. The molecule has 12 nitrogen and oxygen atoms in total. The predicted octanol–water partition coefficient (Wildman–Crippen LogP) is 16.5. The van der Waals surface area contributed by atoms with Gasteiger partial charge in [0, 0.05) is 19.3 Å². The Hall–Kier alpha value is -4.36. The van der Waals surface area contributed by atoms with Crippen LogP contribution in [0.4, 0.5) is 0 Å². The van der Waals surface area contributed by atoms with Gasteiger partial charge in [-0.3, -0.25) is 14.4 Å². The molecule has 0 aromatic rings. The van der Waals surface area contributed by atoms with E-state index >= 15 is 0 Å². The maximum Gasteiger partial charge on any atom is 0.335 e. The molecule has 0 aromatic heterocycles. The second kappa shape index (κ2) is 54.2. The van der Waals surface area contributed by atoms with E-state index < -0.39 is 67.3 Å². The molecular weight excluding hydrogens is 997 g/mol. The van der Waals surface area contributed by atoms with E-state index in [4.69, 9.17) is 23.7 Å². The number of allylic oxidation sites excluding steroid dienone is 16. The topological polar surface area (TPSA) is 175 Å². The first-order valence-corrected chi connectivity index (χ1v) is 31.2. The van der Waals surface area contributed by atoms with Crippen LogP contribution in [0.3, 0.4) is 0 Å². The van der Waals surface area contributed by atoms with Crippen molar-refractivity contribution in [2.45, 2.75) is 289 Å². The minimum absolute atomic E-state index is 0.0387. The van der Waals surface area contributed by atoms with Crippen LogP contribution in [0.5, 0.6) is 0 Å². The van der Waals surface area contributed by atoms with Crippen molar-refractivity contribution in [3.63, 3.8) is 0 Å². The second-order valence-electron chi connectivity index (χ2n) is 20.9. The van der Waals surface area contributed by atoms with Gasteiger partial charge in [0.25, 0.3) is 0 Å². The van der Waals surface area contributed by atoms with E-state index in [2.05, 4.69) is 118 Å². The molecule has 0 spiro atoms. The van der Waals surface area contributed by atoms with Crippen LogP contribution < -0.4 is 0 Å². The Kier molecular flexibility index (Phi) is 49.9. The van der Waals surface area contributed by atoms with Crippen LogP contribution in [0.25, 0.3) is 0 Å². The predicted molar refractivity (Wildman–Crippen MR) is 321 cm³/mol. The van der Waals surface area contributed by atoms with E-state index in [1.807, 2.05) is 0 Å². The van der Waals surface area contributed by atoms with Gasteiger partial charge in [0.1, 0.15) is 18.8 Å². The number of carbonyl (C=O) groups is 4. The quantitative estimate of drug-likeness (QED) is 0.0228. The minimum Gasteiger partial charge on any atom is -0.479 e. The van der Waals surface area contributed by atoms with Gasteiger partial charge in [-0.1, -0.05) is 234 Å². The van der Waals surface area contributed by atoms with Crippen LogP contribution in [0, 0.1) is 0 Å². The van der Waals surface area contributed by atoms with Gasteiger partial charge in [-0.15, -0.1) is 0 Å². The average molecular weight is 1110 g/mol. The molecule has 0 saturated carbocycles. The van der Waals surface area contributed by atoms with Crippen LogP contribution in [-0.4, -0.2) is 89.2 Å². The van der Waals surface area contributed by atoms with Crippen molar-refractivity contribution < 1.29 is 58.2 Å². The Morgan fingerprint density at radius 1 is 0.430 bits per heavy atom. The van der Waals surface area contributed by atoms with Crippen molar-refractivity contribution in [1.29, 1.82) is 0 Å². The molecule has 6 unspecified atom stereocenters. The number of hydrogen-bond donors (Lipinski definition) is 3. The largest absolute Gasteiger partial charge is 0.479 e. The Morgan fingerprint density at radius 2 is 0.797 bits per heavy atom. The molecule has 1 rings (SSSR count). The van der Waals surface area contributed by atoms with Gasteiger partial charge in [-0.05, 0) is 96.3 Å². The zero-order valence-corrected chi connectivity index (χ0v) is 49.6. The lowest BCUT2D eigenvalue weighted by atomic mass is 9.98. The fourth-order valence-corrected chi connectivity index (χ4v) is 8.94. The molecule has 1 heterocycles. The van der Waals surface area contributed by atoms with Crippen molar-refractivity contribution in [3.8, 4) is 0 Å². The van der Waals surface area contributed by atoms with Crippen molar-refractivity contribution >= 4 is 23.9 Å². The first-order chi connectivity index (χ1) is 38.6. The molecule has 1 saturated heterocycles. The highest BCUT2D eigenvalue weighted by atomic mass is 16.7. The van der Waals surface area contributed by atoms with Crippen molar-refractivity contribution in [2.24, 2.45) is 0 Å². The molecule has 0 bridgehead atoms. The van der Waals surface area contributed by atoms with Crippen LogP contribution in [-0.2, 0) is 42.9 Å². The maximum atomic E-state index is 13.2. The van der Waals surface area contributed by atoms with Crippen LogP contribution in [0.15, 0.2) is 97.2 Å². The summed E-state index contributed by atoms with van der Waals surface area (Å²) < 4.78 is 28.5. The number of ether oxygens (including phenoxy) is 5. The summed E-state index contributed by atoms with van der Waals surface area (Å²) in [5.74, 6) is -3.17. The molecule has 1 aliphatic heterocycles. The number of aliphatic carboxylic acids is 1. The fourth-order valence-electron chi connectivity index (χ4n) is 8.94. The third-order valence-corrected chi connectivity index (χ3v) is 13.7. The lowest BCUT2D eigenvalue weighted by molar-refractivity contribution is -0.301. The molecule has 450 valence electrons. The van der Waals surface area contributed by atoms with Gasteiger partial charge < -0.3 is 39.0 Å². The highest BCUT2D eigenvalue weighted by molar-refractivity contribution is 5.74. The second-order valence-corrected chi connectivity index (χ2v) is 20.9. The van der Waals surface area contributed by atoms with Crippen LogP contribution >= 0.6 is 0 Å². The Balaban J connectivity index is 2.68. The van der Waals surface area contributed by atoms with Gasteiger partial charge in [-0.2, -0.15) is 0 Å². The first-order valence-electron chi connectivity index (χ1n) is 31.2. The van der Waals surface area contributed by atoms with Gasteiger partial charge in [0.15, 0.2) is 24.6 Å². The minimum atomic E-state index is -1.92. The summed E-state index contributed by atoms with van der Waals surface area (Å²) in [7, 11) is 0. The average Bonchev–Trinajstić information content (AvgIpc) is 3.46. The fraction of sp³-hybridized carbons (Fsp3) is 0.701. The third kappa shape index (κ3) is 44.0. The molecule has 0 aliphatic carbocycles. The molecule has 79 heavy (non-hydrogen) atoms. The van der Waals surface area contributed by atoms with E-state index in [9.17, 15) is 34.5 Å². The summed E-state index contributed by atoms with van der Waals surface area (Å²) in [5.41, 5.74) is 0. The number of esters is 3. The monoisotopic (exact) mass is 1110 g/mol. The number of rotatable bonds is 52. The van der Waals surface area contributed by atoms with Crippen molar-refractivity contribution in [2.75, 3.05) is 13.2 Å². The summed E-state index contributed by atoms with van der Waals surface area (Å²) >= 11 is 0. The molecule has 12 heteroatoms. The third-order valence-electron chi connectivity index (χ3n) is 13.7. The summed E-state index contributed by atoms with van der Waals surface area (Å²) in [4.78, 5) is 51.2. The van der Waals surface area contributed by atoms with E-state index in [0.717, 1.165) is 135 Å². The molecule has 0 aromatic carbocycles. The molecule has 1 aliphatic rings. The number of carbonyl (C=O) groups excluding carboxylic acids is 3. The lowest BCUT2D eigenvalue weighted by Gasteiger charge is -2.40. The number of aliphatic hydroxyl groups excluding tert-OH is 2. The molecule has 1 fully saturated rings. The summed E-state index contributed by atoms with van der Waals surface area (Å²) in [5, 5.41) is 31.6. The highest BCUT2D eigenvalue weighted by Crippen LogP contribution is 2.26. The standard InChI is InChI=1S/C67H110O12/c1-4-7-10-13-16-19-22-25-27-29-30-32-34-37-40-43-46-49-52-55-61(70)78-65-63(72)62(71)64(66(73)74)79-67(65)76-57-58(77-60(69)54-51-48-45-42-39-35-24-21-18-15-12-9-6-3)56-75-59(68)53-50-47-44-41-38-36-33-31-28-26-23-20-17-14-11-8-5-2/h7-8,10-11,16-17,19-20,25-28,30,32-33,36,58,62-65,67,71-72H,4-6,9,12-15,18,21-24,29,31,34-35,37-57H2,1-3H3,(H,73,74)/b10-7-,11-8-,19-16-,20-17-,27-25-,28-26-,32-30-,36-33-. The smallest absolute Gasteiger partial charge is 0.335 e. The van der Waals surface area contributed by atoms with Crippen LogP contribution in [0.1, 0.15) is 252 Å². The number of aliphatic hydroxyl groups is 2. The molecule has 0 amide bonds. The van der Waals surface area contributed by atoms with Gasteiger partial charge in [-0.25, -0.2) is 4.79 Å². The van der Waals surface area contributed by atoms with E-state index in [1.54, 1.807) is 0 Å². The summed E-state index contributed by atoms with van der Waals surface area (Å²) in [6.45, 7) is 5.75. The summed E-state index contributed by atoms with van der Waals surface area (Å²) in [6, 6.07) is 0. The van der Waals surface area contributed by atoms with E-state index in [0.29, 0.717) is 19.3 Å². The normalized spacial score (nSPS) is 18.5. The number of carboxylic acid groups (broad SMARTS) is 1. The molecule has 3 N–H and O–H groups in total. The van der Waals surface area contributed by atoms with Crippen molar-refractivity contribution in [3.05, 3.63) is 97.2 Å². The van der Waals surface area contributed by atoms with Gasteiger partial charge >= 0.3 is 23.9 Å². The lowest BCUT2D eigenvalue weighted by Crippen LogP contribution is -2.61. The van der Waals surface area contributed by atoms with Gasteiger partial charge in [0.2, 0.25) is 0 Å². The SMILES string of the molecule is CC/C=C\C/C=C\C/C=C\C/C=C\CCCCCCCCC(=O)OC1C(OCC(COC(=O)CCCCCC/C=C\C/C=C\C/C=C\C/C=C\CC)OC(=O)CCCCCCCCCCCCCCC)OC(C(=O)O)C(O)C1O. The van der Waals surface area contributed by atoms with Gasteiger partial charge in [0.05, 0.1) is 6.61 Å². The Morgan fingerprint density at radius 3 is 1.22 bits per heavy atom. The molecule has 6 atom stereocenters. The number of hydrogen-bond acceptors (Lipinski definition) is 11. The summed E-state index contributed by atoms with van der Waals surface area (Å²) in [6.07, 6.45) is 59.3. The molecule has 0 radical (unpaired) electrons. The van der Waals surface area contributed by atoms with Crippen molar-refractivity contribution in [1.82, 2.24) is 0 Å². The number of carboxylic acids is 1. The molecular formula is C67H110O12. The Bertz CT molecular complexity index is 1740. The zero-order chi connectivity index (χ0) is 57.5. The maximum absolute atomic E-state index is 13.2.